The maximum absolute atomic E-state index is 12.7. The molecule has 3 heterocycles. The lowest BCUT2D eigenvalue weighted by Crippen LogP contribution is -2.42. The fraction of sp³-hybridized carbons (Fsp3) is 0.458. The molecule has 0 spiro atoms. The number of hydrogen-bond acceptors (Lipinski definition) is 5. The highest BCUT2D eigenvalue weighted by atomic mass is 16.5. The van der Waals surface area contributed by atoms with Crippen molar-refractivity contribution in [3.05, 3.63) is 47.8 Å². The number of carbonyl (C=O) groups excluding carboxylic acids is 2. The molecule has 0 bridgehead atoms. The average Bonchev–Trinajstić information content (AvgIpc) is 3.44. The van der Waals surface area contributed by atoms with Crippen LogP contribution in [0.5, 0.6) is 11.5 Å². The molecule has 2 aliphatic heterocycles. The van der Waals surface area contributed by atoms with Gasteiger partial charge >= 0.3 is 0 Å². The number of benzene rings is 1. The number of aromatic nitrogens is 1. The maximum Gasteiger partial charge on any atom is 0.270 e. The van der Waals surface area contributed by atoms with Crippen LogP contribution in [0.1, 0.15) is 49.2 Å². The normalized spacial score (nSPS) is 16.8. The van der Waals surface area contributed by atoms with Crippen molar-refractivity contribution in [3.63, 3.8) is 0 Å². The van der Waals surface area contributed by atoms with Crippen molar-refractivity contribution in [2.24, 2.45) is 0 Å². The van der Waals surface area contributed by atoms with Crippen LogP contribution < -0.4 is 15.0 Å². The molecule has 7 nitrogen and oxygen atoms in total. The minimum Gasteiger partial charge on any atom is -0.457 e. The second-order valence-corrected chi connectivity index (χ2v) is 8.21. The third-order valence-electron chi connectivity index (χ3n) is 6.15. The van der Waals surface area contributed by atoms with E-state index < -0.39 is 0 Å². The number of pyridine rings is 1. The van der Waals surface area contributed by atoms with Crippen LogP contribution in [-0.2, 0) is 11.2 Å². The maximum atomic E-state index is 12.7. The standard InChI is InChI=1S/C24H30N4O3/c1-3-19(27-11-4-5-12-27)16-26-24(30)22-15-21(8-10-25-22)31-20-6-7-23-18(14-20)9-13-28(23)17(2)29/h6-8,10,14-15,19H,3-5,9,11-13,16H2,1-2H3,(H,26,30). The third kappa shape index (κ3) is 4.88. The molecule has 164 valence electrons. The van der Waals surface area contributed by atoms with E-state index in [1.165, 1.54) is 12.8 Å². The molecule has 1 saturated heterocycles. The molecule has 31 heavy (non-hydrogen) atoms. The van der Waals surface area contributed by atoms with Crippen molar-refractivity contribution in [2.75, 3.05) is 31.1 Å². The summed E-state index contributed by atoms with van der Waals surface area (Å²) in [5.41, 5.74) is 2.38. The number of nitrogens with one attached hydrogen (secondary N) is 1. The van der Waals surface area contributed by atoms with Crippen molar-refractivity contribution in [3.8, 4) is 11.5 Å². The molecular formula is C24H30N4O3. The summed E-state index contributed by atoms with van der Waals surface area (Å²) in [7, 11) is 0. The molecule has 2 aliphatic rings. The van der Waals surface area contributed by atoms with Gasteiger partial charge in [0.15, 0.2) is 0 Å². The fourth-order valence-corrected chi connectivity index (χ4v) is 4.44. The van der Waals surface area contributed by atoms with Gasteiger partial charge in [0.25, 0.3) is 5.91 Å². The third-order valence-corrected chi connectivity index (χ3v) is 6.15. The Morgan fingerprint density at radius 2 is 1.90 bits per heavy atom. The molecule has 1 fully saturated rings. The van der Waals surface area contributed by atoms with Gasteiger partial charge in [-0.3, -0.25) is 19.5 Å². The second kappa shape index (κ2) is 9.47. The van der Waals surface area contributed by atoms with E-state index in [0.29, 0.717) is 36.3 Å². The number of ether oxygens (including phenoxy) is 1. The molecule has 1 atom stereocenters. The molecule has 1 aromatic carbocycles. The van der Waals surface area contributed by atoms with Gasteiger partial charge in [-0.1, -0.05) is 6.92 Å². The number of rotatable bonds is 7. The molecule has 0 saturated carbocycles. The summed E-state index contributed by atoms with van der Waals surface area (Å²) in [4.78, 5) is 32.8. The Hall–Kier alpha value is -2.93. The number of likely N-dealkylation sites (tertiary alicyclic amines) is 1. The number of fused-ring (bicyclic) bond motifs is 1. The Labute approximate surface area is 183 Å². The fourth-order valence-electron chi connectivity index (χ4n) is 4.44. The van der Waals surface area contributed by atoms with Crippen LogP contribution in [-0.4, -0.2) is 53.9 Å². The molecule has 7 heteroatoms. The van der Waals surface area contributed by atoms with Crippen molar-refractivity contribution < 1.29 is 14.3 Å². The van der Waals surface area contributed by atoms with E-state index in [1.54, 1.807) is 30.2 Å². The molecule has 1 unspecified atom stereocenters. The largest absolute Gasteiger partial charge is 0.457 e. The Morgan fingerprint density at radius 1 is 1.13 bits per heavy atom. The van der Waals surface area contributed by atoms with E-state index in [2.05, 4.69) is 22.1 Å². The first-order chi connectivity index (χ1) is 15.0. The first kappa shape index (κ1) is 21.3. The smallest absolute Gasteiger partial charge is 0.270 e. The predicted octanol–water partition coefficient (Wildman–Crippen LogP) is 3.39. The lowest BCUT2D eigenvalue weighted by atomic mass is 10.1. The van der Waals surface area contributed by atoms with Gasteiger partial charge in [0, 0.05) is 44.0 Å². The molecular weight excluding hydrogens is 392 g/mol. The van der Waals surface area contributed by atoms with Gasteiger partial charge in [-0.25, -0.2) is 0 Å². The number of carbonyl (C=O) groups is 2. The van der Waals surface area contributed by atoms with Crippen molar-refractivity contribution in [2.45, 2.75) is 45.6 Å². The number of anilines is 1. The first-order valence-corrected chi connectivity index (χ1v) is 11.1. The Morgan fingerprint density at radius 3 is 2.65 bits per heavy atom. The van der Waals surface area contributed by atoms with Crippen LogP contribution in [0.4, 0.5) is 5.69 Å². The van der Waals surface area contributed by atoms with Crippen molar-refractivity contribution in [1.82, 2.24) is 15.2 Å². The summed E-state index contributed by atoms with van der Waals surface area (Å²) in [6.45, 7) is 7.29. The van der Waals surface area contributed by atoms with Crippen LogP contribution in [0.25, 0.3) is 0 Å². The van der Waals surface area contributed by atoms with Crippen molar-refractivity contribution in [1.29, 1.82) is 0 Å². The SMILES string of the molecule is CCC(CNC(=O)c1cc(Oc2ccc3c(c2)CCN3C(C)=O)ccn1)N1CCCC1. The summed E-state index contributed by atoms with van der Waals surface area (Å²) < 4.78 is 5.99. The van der Waals surface area contributed by atoms with E-state index in [9.17, 15) is 9.59 Å². The number of nitrogens with zero attached hydrogens (tertiary/aromatic N) is 3. The Balaban J connectivity index is 1.39. The molecule has 0 radical (unpaired) electrons. The van der Waals surface area contributed by atoms with E-state index in [0.717, 1.165) is 37.2 Å². The summed E-state index contributed by atoms with van der Waals surface area (Å²) in [5.74, 6) is 1.11. The monoisotopic (exact) mass is 422 g/mol. The highest BCUT2D eigenvalue weighted by molar-refractivity contribution is 5.94. The predicted molar refractivity (Wildman–Crippen MR) is 120 cm³/mol. The van der Waals surface area contributed by atoms with Crippen LogP contribution in [0, 0.1) is 0 Å². The van der Waals surface area contributed by atoms with Crippen molar-refractivity contribution >= 4 is 17.5 Å². The van der Waals surface area contributed by atoms with E-state index in [4.69, 9.17) is 4.74 Å². The average molecular weight is 423 g/mol. The lowest BCUT2D eigenvalue weighted by molar-refractivity contribution is -0.116. The molecule has 2 aromatic rings. The van der Waals surface area contributed by atoms with Crippen LogP contribution in [0.3, 0.4) is 0 Å². The van der Waals surface area contributed by atoms with Crippen LogP contribution in [0.15, 0.2) is 36.5 Å². The van der Waals surface area contributed by atoms with E-state index >= 15 is 0 Å². The van der Waals surface area contributed by atoms with E-state index in [1.807, 2.05) is 18.2 Å². The lowest BCUT2D eigenvalue weighted by Gasteiger charge is -2.26. The molecule has 1 N–H and O–H groups in total. The summed E-state index contributed by atoms with van der Waals surface area (Å²) in [6.07, 6.45) is 5.89. The number of amides is 2. The molecule has 1 aromatic heterocycles. The minimum absolute atomic E-state index is 0.0484. The number of hydrogen-bond donors (Lipinski definition) is 1. The summed E-state index contributed by atoms with van der Waals surface area (Å²) >= 11 is 0. The molecule has 2 amide bonds. The Bertz CT molecular complexity index is 956. The van der Waals surface area contributed by atoms with Crippen LogP contribution >= 0.6 is 0 Å². The van der Waals surface area contributed by atoms with Gasteiger partial charge in [0.1, 0.15) is 17.2 Å². The van der Waals surface area contributed by atoms with Gasteiger partial charge in [-0.2, -0.15) is 0 Å². The van der Waals surface area contributed by atoms with Gasteiger partial charge in [-0.15, -0.1) is 0 Å². The summed E-state index contributed by atoms with van der Waals surface area (Å²) in [6, 6.07) is 9.50. The first-order valence-electron chi connectivity index (χ1n) is 11.1. The highest BCUT2D eigenvalue weighted by Gasteiger charge is 2.23. The quantitative estimate of drug-likeness (QED) is 0.740. The van der Waals surface area contributed by atoms with E-state index in [-0.39, 0.29) is 11.8 Å². The summed E-state index contributed by atoms with van der Waals surface area (Å²) in [5, 5.41) is 3.03. The Kier molecular flexibility index (Phi) is 6.51. The zero-order valence-corrected chi connectivity index (χ0v) is 18.3. The highest BCUT2D eigenvalue weighted by Crippen LogP contribution is 2.33. The van der Waals surface area contributed by atoms with Gasteiger partial charge in [0.05, 0.1) is 0 Å². The van der Waals surface area contributed by atoms with Gasteiger partial charge in [0.2, 0.25) is 5.91 Å². The van der Waals surface area contributed by atoms with Crippen LogP contribution in [0.2, 0.25) is 0 Å². The zero-order valence-electron chi connectivity index (χ0n) is 18.3. The topological polar surface area (TPSA) is 74.8 Å². The van der Waals surface area contributed by atoms with Gasteiger partial charge < -0.3 is 15.0 Å². The zero-order chi connectivity index (χ0) is 21.8. The minimum atomic E-state index is -0.186. The molecule has 0 aliphatic carbocycles. The second-order valence-electron chi connectivity index (χ2n) is 8.21. The molecule has 4 rings (SSSR count). The van der Waals surface area contributed by atoms with Gasteiger partial charge in [-0.05, 0) is 68.6 Å².